The van der Waals surface area contributed by atoms with Crippen LogP contribution in [0, 0.1) is 0 Å². The fourth-order valence-corrected chi connectivity index (χ4v) is 9.17. The summed E-state index contributed by atoms with van der Waals surface area (Å²) in [6, 6.07) is -0.722. The molecule has 0 aromatic carbocycles. The van der Waals surface area contributed by atoms with E-state index in [1.807, 2.05) is 0 Å². The van der Waals surface area contributed by atoms with Crippen molar-refractivity contribution >= 4 is 5.91 Å². The molecule has 1 saturated heterocycles. The molecule has 1 fully saturated rings. The lowest BCUT2D eigenvalue weighted by Gasteiger charge is -2.40. The van der Waals surface area contributed by atoms with Crippen molar-refractivity contribution in [2.24, 2.45) is 0 Å². The van der Waals surface area contributed by atoms with Crippen LogP contribution in [0.25, 0.3) is 0 Å². The van der Waals surface area contributed by atoms with Gasteiger partial charge in [0.25, 0.3) is 0 Å². The van der Waals surface area contributed by atoms with E-state index >= 15 is 0 Å². The Bertz CT molecular complexity index is 1340. The number of amides is 1. The van der Waals surface area contributed by atoms with Crippen LogP contribution in [0.5, 0.6) is 0 Å². The molecule has 0 saturated carbocycles. The maximum absolute atomic E-state index is 13.1. The lowest BCUT2D eigenvalue weighted by molar-refractivity contribution is -0.302. The fraction of sp³-hybridized carbons (Fsp3) is 0.790. The van der Waals surface area contributed by atoms with Gasteiger partial charge in [0.05, 0.1) is 25.4 Å². The molecular formula is C62H111NO8. The Kier molecular flexibility index (Phi) is 48.0. The van der Waals surface area contributed by atoms with Crippen LogP contribution < -0.4 is 5.32 Å². The second-order valence-electron chi connectivity index (χ2n) is 20.4. The molecule has 1 aliphatic heterocycles. The summed E-state index contributed by atoms with van der Waals surface area (Å²) in [5, 5.41) is 54.6. The van der Waals surface area contributed by atoms with Gasteiger partial charge in [0.1, 0.15) is 24.4 Å². The Labute approximate surface area is 436 Å². The predicted octanol–water partition coefficient (Wildman–Crippen LogP) is 14.8. The summed E-state index contributed by atoms with van der Waals surface area (Å²) in [5.41, 5.74) is 0. The van der Waals surface area contributed by atoms with Gasteiger partial charge < -0.3 is 40.3 Å². The Hall–Kier alpha value is -2.37. The van der Waals surface area contributed by atoms with Crippen LogP contribution >= 0.6 is 0 Å². The number of hydrogen-bond donors (Lipinski definition) is 6. The van der Waals surface area contributed by atoms with Gasteiger partial charge >= 0.3 is 0 Å². The highest BCUT2D eigenvalue weighted by atomic mass is 16.7. The average molecular weight is 999 g/mol. The molecule has 6 N–H and O–H groups in total. The van der Waals surface area contributed by atoms with Gasteiger partial charge in [-0.2, -0.15) is 0 Å². The minimum atomic E-state index is -1.56. The number of aliphatic hydroxyl groups excluding tert-OH is 5. The minimum Gasteiger partial charge on any atom is -0.394 e. The maximum atomic E-state index is 13.1. The number of aliphatic hydroxyl groups is 5. The molecule has 9 nitrogen and oxygen atoms in total. The monoisotopic (exact) mass is 998 g/mol. The van der Waals surface area contributed by atoms with Crippen LogP contribution in [0.4, 0.5) is 0 Å². The van der Waals surface area contributed by atoms with Crippen molar-refractivity contribution in [3.05, 3.63) is 72.9 Å². The molecule has 0 bridgehead atoms. The molecule has 7 unspecified atom stereocenters. The normalized spacial score (nSPS) is 19.8. The van der Waals surface area contributed by atoms with Crippen molar-refractivity contribution in [2.45, 2.75) is 301 Å². The maximum Gasteiger partial charge on any atom is 0.220 e. The zero-order valence-corrected chi connectivity index (χ0v) is 45.7. The number of rotatable bonds is 50. The van der Waals surface area contributed by atoms with E-state index in [-0.39, 0.29) is 12.5 Å². The second-order valence-corrected chi connectivity index (χ2v) is 20.4. The minimum absolute atomic E-state index is 0.139. The van der Waals surface area contributed by atoms with E-state index < -0.39 is 49.5 Å². The van der Waals surface area contributed by atoms with Gasteiger partial charge in [-0.25, -0.2) is 0 Å². The Balaban J connectivity index is 2.14. The first-order chi connectivity index (χ1) is 34.8. The molecular weight excluding hydrogens is 887 g/mol. The molecule has 1 rings (SSSR count). The molecule has 71 heavy (non-hydrogen) atoms. The van der Waals surface area contributed by atoms with Crippen LogP contribution in [0.1, 0.15) is 258 Å². The molecule has 1 aliphatic rings. The first-order valence-corrected chi connectivity index (χ1v) is 29.6. The van der Waals surface area contributed by atoms with E-state index in [2.05, 4.69) is 92.1 Å². The molecule has 0 spiro atoms. The molecule has 9 heteroatoms. The van der Waals surface area contributed by atoms with Gasteiger partial charge in [-0.05, 0) is 64.2 Å². The van der Waals surface area contributed by atoms with Crippen molar-refractivity contribution in [1.82, 2.24) is 5.32 Å². The van der Waals surface area contributed by atoms with Crippen molar-refractivity contribution < 1.29 is 39.8 Å². The van der Waals surface area contributed by atoms with E-state index in [1.54, 1.807) is 0 Å². The summed E-state index contributed by atoms with van der Waals surface area (Å²) in [7, 11) is 0. The van der Waals surface area contributed by atoms with Crippen LogP contribution in [0.15, 0.2) is 72.9 Å². The third kappa shape index (κ3) is 40.7. The predicted molar refractivity (Wildman–Crippen MR) is 299 cm³/mol. The topological polar surface area (TPSA) is 149 Å². The molecule has 0 aliphatic carbocycles. The summed E-state index contributed by atoms with van der Waals surface area (Å²) < 4.78 is 11.3. The van der Waals surface area contributed by atoms with Gasteiger partial charge in [-0.15, -0.1) is 0 Å². The highest BCUT2D eigenvalue weighted by molar-refractivity contribution is 5.76. The van der Waals surface area contributed by atoms with Gasteiger partial charge in [-0.1, -0.05) is 260 Å². The lowest BCUT2D eigenvalue weighted by Crippen LogP contribution is -2.60. The first kappa shape index (κ1) is 66.6. The van der Waals surface area contributed by atoms with Gasteiger partial charge in [0.2, 0.25) is 5.91 Å². The van der Waals surface area contributed by atoms with Crippen molar-refractivity contribution in [3.8, 4) is 0 Å². The number of nitrogens with one attached hydrogen (secondary N) is 1. The number of unbranched alkanes of at least 4 members (excludes halogenated alkanes) is 28. The highest BCUT2D eigenvalue weighted by Crippen LogP contribution is 2.23. The van der Waals surface area contributed by atoms with E-state index in [9.17, 15) is 30.3 Å². The fourth-order valence-electron chi connectivity index (χ4n) is 9.17. The number of carbonyl (C=O) groups excluding carboxylic acids is 1. The SMILES string of the molecule is CC/C=C\C/C=C\C/C=C\C/C=C\C/C=C\C/C=C\CCCCCCCCCCCCCCCCC(=O)NC(COC1OC(CO)C(O)C(O)C1O)C(O)CCCCCCCCCCCCCCCCC. The van der Waals surface area contributed by atoms with Gasteiger partial charge in [-0.3, -0.25) is 4.79 Å². The Morgan fingerprint density at radius 2 is 0.873 bits per heavy atom. The Morgan fingerprint density at radius 1 is 0.493 bits per heavy atom. The molecule has 0 aromatic heterocycles. The largest absolute Gasteiger partial charge is 0.394 e. The van der Waals surface area contributed by atoms with Crippen molar-refractivity contribution in [3.63, 3.8) is 0 Å². The lowest BCUT2D eigenvalue weighted by atomic mass is 9.99. The van der Waals surface area contributed by atoms with Gasteiger partial charge in [0, 0.05) is 6.42 Å². The number of hydrogen-bond acceptors (Lipinski definition) is 8. The molecule has 412 valence electrons. The molecule has 7 atom stereocenters. The Morgan fingerprint density at radius 3 is 1.30 bits per heavy atom. The van der Waals surface area contributed by atoms with E-state index in [1.165, 1.54) is 154 Å². The van der Waals surface area contributed by atoms with E-state index in [0.717, 1.165) is 77.0 Å². The zero-order chi connectivity index (χ0) is 51.5. The standard InChI is InChI=1S/C62H111NO8/c1-3-5-7-9-11-13-15-17-19-20-21-22-23-24-25-26-27-28-29-30-31-32-33-34-35-36-38-40-42-44-46-48-50-52-58(66)63-55(54-70-62-61(69)60(68)59(67)57(53-64)71-62)56(65)51-49-47-45-43-41-39-37-18-16-14-12-10-8-6-4-2/h5,7,11,13,17,19,21-22,24-25,27-28,55-57,59-62,64-65,67-69H,3-4,6,8-10,12,14-16,18,20,23,26,29-54H2,1-2H3,(H,63,66)/b7-5-,13-11-,19-17-,22-21-,25-24-,28-27-. The summed E-state index contributed by atoms with van der Waals surface area (Å²) >= 11 is 0. The number of ether oxygens (including phenoxy) is 2. The summed E-state index contributed by atoms with van der Waals surface area (Å²) in [5.74, 6) is -0.146. The smallest absolute Gasteiger partial charge is 0.220 e. The van der Waals surface area contributed by atoms with Crippen molar-refractivity contribution in [2.75, 3.05) is 13.2 Å². The molecule has 1 heterocycles. The molecule has 1 amide bonds. The molecule has 0 radical (unpaired) electrons. The number of carbonyl (C=O) groups is 1. The quantitative estimate of drug-likeness (QED) is 0.0261. The highest BCUT2D eigenvalue weighted by Gasteiger charge is 2.44. The van der Waals surface area contributed by atoms with Crippen LogP contribution in [0.3, 0.4) is 0 Å². The van der Waals surface area contributed by atoms with Crippen LogP contribution in [-0.2, 0) is 14.3 Å². The summed E-state index contributed by atoms with van der Waals surface area (Å²) in [6.45, 7) is 3.73. The average Bonchev–Trinajstić information content (AvgIpc) is 3.37. The molecule has 0 aromatic rings. The van der Waals surface area contributed by atoms with Crippen LogP contribution in [0.2, 0.25) is 0 Å². The summed E-state index contributed by atoms with van der Waals surface area (Å²) in [4.78, 5) is 13.1. The van der Waals surface area contributed by atoms with Gasteiger partial charge in [0.15, 0.2) is 6.29 Å². The van der Waals surface area contributed by atoms with Crippen molar-refractivity contribution in [1.29, 1.82) is 0 Å². The summed E-state index contributed by atoms with van der Waals surface area (Å²) in [6.07, 6.45) is 63.6. The van der Waals surface area contributed by atoms with E-state index in [4.69, 9.17) is 9.47 Å². The second kappa shape index (κ2) is 51.1. The zero-order valence-electron chi connectivity index (χ0n) is 45.7. The third-order valence-electron chi connectivity index (χ3n) is 13.8. The van der Waals surface area contributed by atoms with E-state index in [0.29, 0.717) is 12.8 Å². The first-order valence-electron chi connectivity index (χ1n) is 29.6. The number of allylic oxidation sites excluding steroid dienone is 12. The third-order valence-corrected chi connectivity index (χ3v) is 13.8. The van der Waals surface area contributed by atoms with Crippen LogP contribution in [-0.4, -0.2) is 87.5 Å².